The molecule has 1 aromatic heterocycles. The van der Waals surface area contributed by atoms with Crippen molar-refractivity contribution in [1.82, 2.24) is 9.97 Å². The Balaban J connectivity index is 2.19. The minimum absolute atomic E-state index is 0.201. The predicted molar refractivity (Wildman–Crippen MR) is 99.6 cm³/mol. The predicted octanol–water partition coefficient (Wildman–Crippen LogP) is 4.55. The molecule has 3 rings (SSSR count). The lowest BCUT2D eigenvalue weighted by Crippen LogP contribution is -2.20. The first-order valence-corrected chi connectivity index (χ1v) is 8.38. The molecule has 0 unspecified atom stereocenters. The number of fused-ring (bicyclic) bond motifs is 1. The molecule has 0 fully saturated rings. The van der Waals surface area contributed by atoms with E-state index in [4.69, 9.17) is 9.97 Å². The molecule has 124 valence electrons. The molecule has 0 bridgehead atoms. The second-order valence-corrected chi connectivity index (χ2v) is 6.18. The number of phenols is 1. The first-order chi connectivity index (χ1) is 11.6. The van der Waals surface area contributed by atoms with E-state index in [9.17, 15) is 5.11 Å². The first-order valence-electron chi connectivity index (χ1n) is 8.38. The molecule has 4 nitrogen and oxygen atoms in total. The molecule has 0 aliphatic rings. The van der Waals surface area contributed by atoms with Crippen LogP contribution in [0.4, 0.5) is 5.82 Å². The summed E-state index contributed by atoms with van der Waals surface area (Å²) in [6, 6.07) is 13.4. The van der Waals surface area contributed by atoms with Crippen molar-refractivity contribution >= 4 is 16.7 Å². The number of aryl methyl sites for hydroxylation is 1. The zero-order valence-corrected chi connectivity index (χ0v) is 14.5. The van der Waals surface area contributed by atoms with E-state index in [0.717, 1.165) is 41.7 Å². The summed E-state index contributed by atoms with van der Waals surface area (Å²) in [7, 11) is 2.06. The minimum Gasteiger partial charge on any atom is -0.507 e. The summed E-state index contributed by atoms with van der Waals surface area (Å²) in [5.41, 5.74) is 2.72. The highest BCUT2D eigenvalue weighted by atomic mass is 16.3. The third kappa shape index (κ3) is 3.18. The van der Waals surface area contributed by atoms with Crippen LogP contribution in [-0.2, 0) is 0 Å². The van der Waals surface area contributed by atoms with Gasteiger partial charge in [-0.1, -0.05) is 31.5 Å². The quantitative estimate of drug-likeness (QED) is 0.749. The maximum Gasteiger partial charge on any atom is 0.165 e. The zero-order chi connectivity index (χ0) is 17.1. The van der Waals surface area contributed by atoms with Crippen LogP contribution >= 0.6 is 0 Å². The molecule has 2 aromatic carbocycles. The summed E-state index contributed by atoms with van der Waals surface area (Å²) >= 11 is 0. The highest BCUT2D eigenvalue weighted by Gasteiger charge is 2.14. The molecule has 0 saturated carbocycles. The number of unbranched alkanes of at least 4 members (excludes halogenated alkanes) is 1. The smallest absolute Gasteiger partial charge is 0.165 e. The average molecular weight is 321 g/mol. The van der Waals surface area contributed by atoms with Crippen LogP contribution in [0, 0.1) is 6.92 Å². The second kappa shape index (κ2) is 6.87. The van der Waals surface area contributed by atoms with Gasteiger partial charge in [0.2, 0.25) is 0 Å². The van der Waals surface area contributed by atoms with Crippen LogP contribution in [0.25, 0.3) is 22.3 Å². The van der Waals surface area contributed by atoms with Crippen molar-refractivity contribution in [1.29, 1.82) is 0 Å². The van der Waals surface area contributed by atoms with Gasteiger partial charge in [-0.2, -0.15) is 0 Å². The van der Waals surface area contributed by atoms with Gasteiger partial charge in [-0.3, -0.25) is 0 Å². The number of phenolic OH excluding ortho intramolecular Hbond substituents is 1. The monoisotopic (exact) mass is 321 g/mol. The molecule has 0 atom stereocenters. The fourth-order valence-electron chi connectivity index (χ4n) is 2.80. The van der Waals surface area contributed by atoms with E-state index in [1.165, 1.54) is 0 Å². The van der Waals surface area contributed by atoms with Gasteiger partial charge in [0.05, 0.1) is 11.1 Å². The second-order valence-electron chi connectivity index (χ2n) is 6.18. The van der Waals surface area contributed by atoms with Crippen LogP contribution in [-0.4, -0.2) is 28.7 Å². The number of aromatic nitrogens is 2. The number of hydrogen-bond donors (Lipinski definition) is 1. The Morgan fingerprint density at radius 3 is 2.62 bits per heavy atom. The standard InChI is InChI=1S/C20H23N3O/c1-4-5-12-23(3)20-15-11-10-14(2)13-17(15)21-19(22-20)16-8-6-7-9-18(16)24/h6-11,13,24H,4-5,12H2,1-3H3. The highest BCUT2D eigenvalue weighted by Crippen LogP contribution is 2.31. The van der Waals surface area contributed by atoms with E-state index < -0.39 is 0 Å². The van der Waals surface area contributed by atoms with Crippen molar-refractivity contribution in [3.05, 3.63) is 48.0 Å². The van der Waals surface area contributed by atoms with Gasteiger partial charge in [-0.15, -0.1) is 0 Å². The lowest BCUT2D eigenvalue weighted by atomic mass is 10.1. The van der Waals surface area contributed by atoms with Crippen LogP contribution in [0.1, 0.15) is 25.3 Å². The van der Waals surface area contributed by atoms with Crippen LogP contribution < -0.4 is 4.90 Å². The molecule has 0 aliphatic heterocycles. The third-order valence-corrected chi connectivity index (χ3v) is 4.19. The number of anilines is 1. The number of hydrogen-bond acceptors (Lipinski definition) is 4. The van der Waals surface area contributed by atoms with Gasteiger partial charge in [0, 0.05) is 19.0 Å². The Kier molecular flexibility index (Phi) is 4.65. The van der Waals surface area contributed by atoms with Crippen LogP contribution in [0.15, 0.2) is 42.5 Å². The van der Waals surface area contributed by atoms with Gasteiger partial charge in [0.1, 0.15) is 11.6 Å². The zero-order valence-electron chi connectivity index (χ0n) is 14.5. The molecule has 1 N–H and O–H groups in total. The number of aromatic hydroxyl groups is 1. The molecule has 3 aromatic rings. The summed E-state index contributed by atoms with van der Waals surface area (Å²) < 4.78 is 0. The minimum atomic E-state index is 0.201. The summed E-state index contributed by atoms with van der Waals surface area (Å²) in [4.78, 5) is 11.6. The van der Waals surface area contributed by atoms with E-state index in [1.807, 2.05) is 12.1 Å². The third-order valence-electron chi connectivity index (χ3n) is 4.19. The molecule has 1 heterocycles. The maximum absolute atomic E-state index is 10.2. The fraction of sp³-hybridized carbons (Fsp3) is 0.300. The molecular formula is C20H23N3O. The Labute approximate surface area is 142 Å². The van der Waals surface area contributed by atoms with Crippen molar-refractivity contribution in [2.75, 3.05) is 18.5 Å². The summed E-state index contributed by atoms with van der Waals surface area (Å²) in [5, 5.41) is 11.2. The van der Waals surface area contributed by atoms with Crippen molar-refractivity contribution in [3.63, 3.8) is 0 Å². The van der Waals surface area contributed by atoms with E-state index >= 15 is 0 Å². The van der Waals surface area contributed by atoms with Crippen molar-refractivity contribution < 1.29 is 5.11 Å². The van der Waals surface area contributed by atoms with Crippen LogP contribution in [0.3, 0.4) is 0 Å². The molecular weight excluding hydrogens is 298 g/mol. The van der Waals surface area contributed by atoms with Gasteiger partial charge in [0.25, 0.3) is 0 Å². The fourth-order valence-corrected chi connectivity index (χ4v) is 2.80. The van der Waals surface area contributed by atoms with Crippen molar-refractivity contribution in [2.45, 2.75) is 26.7 Å². The SMILES string of the molecule is CCCCN(C)c1nc(-c2ccccc2O)nc2cc(C)ccc12. The van der Waals surface area contributed by atoms with E-state index in [-0.39, 0.29) is 5.75 Å². The molecule has 24 heavy (non-hydrogen) atoms. The van der Waals surface area contributed by atoms with E-state index in [0.29, 0.717) is 11.4 Å². The lowest BCUT2D eigenvalue weighted by molar-refractivity contribution is 0.477. The van der Waals surface area contributed by atoms with Gasteiger partial charge in [-0.25, -0.2) is 9.97 Å². The normalized spacial score (nSPS) is 11.0. The number of para-hydroxylation sites is 1. The van der Waals surface area contributed by atoms with E-state index in [1.54, 1.807) is 12.1 Å². The molecule has 0 amide bonds. The molecule has 0 spiro atoms. The molecule has 4 heteroatoms. The topological polar surface area (TPSA) is 49.2 Å². The molecule has 0 saturated heterocycles. The Morgan fingerprint density at radius 2 is 1.88 bits per heavy atom. The van der Waals surface area contributed by atoms with Gasteiger partial charge >= 0.3 is 0 Å². The Hall–Kier alpha value is -2.62. The van der Waals surface area contributed by atoms with E-state index in [2.05, 4.69) is 44.0 Å². The highest BCUT2D eigenvalue weighted by molar-refractivity contribution is 5.91. The number of rotatable bonds is 5. The van der Waals surface area contributed by atoms with Crippen LogP contribution in [0.2, 0.25) is 0 Å². The summed E-state index contributed by atoms with van der Waals surface area (Å²) in [5.74, 6) is 1.67. The van der Waals surface area contributed by atoms with Gasteiger partial charge < -0.3 is 10.0 Å². The Morgan fingerprint density at radius 1 is 1.08 bits per heavy atom. The summed E-state index contributed by atoms with van der Waals surface area (Å²) in [6.07, 6.45) is 2.25. The number of benzene rings is 2. The lowest BCUT2D eigenvalue weighted by Gasteiger charge is -2.20. The molecule has 0 aliphatic carbocycles. The van der Waals surface area contributed by atoms with Crippen LogP contribution in [0.5, 0.6) is 5.75 Å². The maximum atomic E-state index is 10.2. The number of nitrogens with zero attached hydrogens (tertiary/aromatic N) is 3. The molecule has 0 radical (unpaired) electrons. The largest absolute Gasteiger partial charge is 0.507 e. The van der Waals surface area contributed by atoms with Crippen molar-refractivity contribution in [2.24, 2.45) is 0 Å². The average Bonchev–Trinajstić information content (AvgIpc) is 2.58. The Bertz CT molecular complexity index is 861. The van der Waals surface area contributed by atoms with Gasteiger partial charge in [-0.05, 0) is 43.2 Å². The van der Waals surface area contributed by atoms with Gasteiger partial charge in [0.15, 0.2) is 5.82 Å². The summed E-state index contributed by atoms with van der Waals surface area (Å²) in [6.45, 7) is 5.18. The first kappa shape index (κ1) is 16.2. The van der Waals surface area contributed by atoms with Crippen molar-refractivity contribution in [3.8, 4) is 17.1 Å².